The maximum Gasteiger partial charge on any atom is 0.140 e. The molecule has 2 rings (SSSR count). The van der Waals surface area contributed by atoms with Crippen LogP contribution in [-0.2, 0) is 13.2 Å². The van der Waals surface area contributed by atoms with Gasteiger partial charge in [-0.3, -0.25) is 0 Å². The zero-order chi connectivity index (χ0) is 11.9. The lowest BCUT2D eigenvalue weighted by Crippen LogP contribution is -2.12. The monoisotopic (exact) mass is 248 g/mol. The number of aromatic nitrogens is 1. The fourth-order valence-corrected chi connectivity index (χ4v) is 2.04. The van der Waals surface area contributed by atoms with Crippen molar-refractivity contribution in [1.29, 1.82) is 0 Å². The van der Waals surface area contributed by atoms with Crippen molar-refractivity contribution in [3.8, 4) is 5.75 Å². The topological polar surface area (TPSA) is 34.1 Å². The molecule has 1 heterocycles. The van der Waals surface area contributed by atoms with Crippen molar-refractivity contribution < 1.29 is 4.74 Å². The average Bonchev–Trinajstić information content (AvgIpc) is 2.88. The fraction of sp³-hybridized carbons (Fsp3) is 0.308. The van der Waals surface area contributed by atoms with Gasteiger partial charge < -0.3 is 10.1 Å². The molecule has 3 nitrogen and oxygen atoms in total. The molecule has 0 spiro atoms. The van der Waals surface area contributed by atoms with Crippen LogP contribution in [0.15, 0.2) is 35.8 Å². The van der Waals surface area contributed by atoms with Crippen molar-refractivity contribution in [3.05, 3.63) is 46.4 Å². The van der Waals surface area contributed by atoms with Crippen molar-refractivity contribution in [2.24, 2.45) is 0 Å². The summed E-state index contributed by atoms with van der Waals surface area (Å²) < 4.78 is 5.79. The Labute approximate surface area is 105 Å². The maximum absolute atomic E-state index is 5.79. The van der Waals surface area contributed by atoms with Gasteiger partial charge in [-0.05, 0) is 12.6 Å². The van der Waals surface area contributed by atoms with Crippen LogP contribution in [0.4, 0.5) is 0 Å². The first kappa shape index (κ1) is 12.1. The number of ether oxygens (including phenoxy) is 1. The Hall–Kier alpha value is -1.39. The normalized spacial score (nSPS) is 10.4. The van der Waals surface area contributed by atoms with Crippen LogP contribution in [0.2, 0.25) is 0 Å². The first-order valence-corrected chi connectivity index (χ1v) is 6.58. The van der Waals surface area contributed by atoms with Crippen LogP contribution in [0.25, 0.3) is 0 Å². The van der Waals surface area contributed by atoms with Gasteiger partial charge in [0, 0.05) is 23.7 Å². The maximum atomic E-state index is 5.79. The van der Waals surface area contributed by atoms with Gasteiger partial charge in [-0.15, -0.1) is 11.3 Å². The molecule has 0 aliphatic heterocycles. The standard InChI is InChI=1S/C13H16N2OS/c1-2-14-9-11-5-3-4-6-12(11)16-10-13-15-7-8-17-13/h3-8,14H,2,9-10H2,1H3. The summed E-state index contributed by atoms with van der Waals surface area (Å²) in [7, 11) is 0. The third kappa shape index (κ3) is 3.54. The number of hydrogen-bond donors (Lipinski definition) is 1. The minimum absolute atomic E-state index is 0.542. The number of rotatable bonds is 6. The number of thiazole rings is 1. The van der Waals surface area contributed by atoms with Gasteiger partial charge in [0.2, 0.25) is 0 Å². The molecule has 0 saturated carbocycles. The number of hydrogen-bond acceptors (Lipinski definition) is 4. The van der Waals surface area contributed by atoms with Gasteiger partial charge in [0.05, 0.1) is 0 Å². The molecule has 0 aliphatic rings. The van der Waals surface area contributed by atoms with Gasteiger partial charge in [0.15, 0.2) is 0 Å². The third-order valence-electron chi connectivity index (χ3n) is 2.37. The molecule has 0 saturated heterocycles. The van der Waals surface area contributed by atoms with Crippen molar-refractivity contribution in [1.82, 2.24) is 10.3 Å². The van der Waals surface area contributed by atoms with Gasteiger partial charge in [-0.2, -0.15) is 0 Å². The van der Waals surface area contributed by atoms with E-state index in [1.54, 1.807) is 17.5 Å². The molecule has 0 atom stereocenters. The van der Waals surface area contributed by atoms with E-state index in [1.165, 1.54) is 5.56 Å². The fourth-order valence-electron chi connectivity index (χ4n) is 1.51. The Morgan fingerprint density at radius 3 is 3.00 bits per heavy atom. The highest BCUT2D eigenvalue weighted by Crippen LogP contribution is 2.19. The highest BCUT2D eigenvalue weighted by molar-refractivity contribution is 7.09. The van der Waals surface area contributed by atoms with Crippen LogP contribution < -0.4 is 10.1 Å². The van der Waals surface area contributed by atoms with E-state index in [9.17, 15) is 0 Å². The summed E-state index contributed by atoms with van der Waals surface area (Å²) in [4.78, 5) is 4.20. The van der Waals surface area contributed by atoms with E-state index in [1.807, 2.05) is 23.6 Å². The van der Waals surface area contributed by atoms with E-state index >= 15 is 0 Å². The lowest BCUT2D eigenvalue weighted by Gasteiger charge is -2.10. The Morgan fingerprint density at radius 2 is 2.24 bits per heavy atom. The van der Waals surface area contributed by atoms with Gasteiger partial charge in [-0.1, -0.05) is 25.1 Å². The van der Waals surface area contributed by atoms with Crippen LogP contribution >= 0.6 is 11.3 Å². The quantitative estimate of drug-likeness (QED) is 0.853. The van der Waals surface area contributed by atoms with E-state index in [4.69, 9.17) is 4.74 Å². The van der Waals surface area contributed by atoms with Crippen LogP contribution in [0.3, 0.4) is 0 Å². The largest absolute Gasteiger partial charge is 0.486 e. The highest BCUT2D eigenvalue weighted by Gasteiger charge is 2.03. The van der Waals surface area contributed by atoms with Crippen molar-refractivity contribution >= 4 is 11.3 Å². The summed E-state index contributed by atoms with van der Waals surface area (Å²) in [6.07, 6.45) is 1.80. The molecule has 4 heteroatoms. The smallest absolute Gasteiger partial charge is 0.140 e. The number of nitrogens with one attached hydrogen (secondary N) is 1. The molecule has 0 unspecified atom stereocenters. The van der Waals surface area contributed by atoms with Crippen molar-refractivity contribution in [3.63, 3.8) is 0 Å². The van der Waals surface area contributed by atoms with Crippen LogP contribution in [0.5, 0.6) is 5.75 Å². The predicted octanol–water partition coefficient (Wildman–Crippen LogP) is 2.83. The van der Waals surface area contributed by atoms with E-state index < -0.39 is 0 Å². The molecule has 0 bridgehead atoms. The zero-order valence-corrected chi connectivity index (χ0v) is 10.7. The average molecular weight is 248 g/mol. The summed E-state index contributed by atoms with van der Waals surface area (Å²) in [6.45, 7) is 4.44. The molecular formula is C13H16N2OS. The Bertz CT molecular complexity index is 442. The van der Waals surface area contributed by atoms with Gasteiger partial charge >= 0.3 is 0 Å². The Kier molecular flexibility index (Phi) is 4.53. The number of benzene rings is 1. The number of nitrogens with zero attached hydrogens (tertiary/aromatic N) is 1. The summed E-state index contributed by atoms with van der Waals surface area (Å²) >= 11 is 1.61. The molecular weight excluding hydrogens is 232 g/mol. The molecule has 1 N–H and O–H groups in total. The van der Waals surface area contributed by atoms with E-state index in [-0.39, 0.29) is 0 Å². The molecule has 0 radical (unpaired) electrons. The van der Waals surface area contributed by atoms with Gasteiger partial charge in [0.1, 0.15) is 17.4 Å². The summed E-state index contributed by atoms with van der Waals surface area (Å²) in [5, 5.41) is 6.27. The summed E-state index contributed by atoms with van der Waals surface area (Å²) in [5.74, 6) is 0.934. The lowest BCUT2D eigenvalue weighted by atomic mass is 10.2. The first-order valence-electron chi connectivity index (χ1n) is 5.70. The van der Waals surface area contributed by atoms with Crippen LogP contribution in [0.1, 0.15) is 17.5 Å². The van der Waals surface area contributed by atoms with Crippen molar-refractivity contribution in [2.75, 3.05) is 6.54 Å². The third-order valence-corrected chi connectivity index (χ3v) is 3.13. The SMILES string of the molecule is CCNCc1ccccc1OCc1nccs1. The van der Waals surface area contributed by atoms with Crippen LogP contribution in [0, 0.1) is 0 Å². The molecule has 0 aliphatic carbocycles. The predicted molar refractivity (Wildman–Crippen MR) is 70.3 cm³/mol. The van der Waals surface area contributed by atoms with E-state index in [2.05, 4.69) is 23.3 Å². The summed E-state index contributed by atoms with van der Waals surface area (Å²) in [6, 6.07) is 8.11. The van der Waals surface area contributed by atoms with Gasteiger partial charge in [0.25, 0.3) is 0 Å². The second-order valence-electron chi connectivity index (χ2n) is 3.60. The molecule has 90 valence electrons. The van der Waals surface area contributed by atoms with Gasteiger partial charge in [-0.25, -0.2) is 4.98 Å². The molecule has 2 aromatic rings. The zero-order valence-electron chi connectivity index (χ0n) is 9.85. The Morgan fingerprint density at radius 1 is 1.35 bits per heavy atom. The van der Waals surface area contributed by atoms with E-state index in [0.29, 0.717) is 6.61 Å². The lowest BCUT2D eigenvalue weighted by molar-refractivity contribution is 0.301. The highest BCUT2D eigenvalue weighted by atomic mass is 32.1. The minimum atomic E-state index is 0.542. The Balaban J connectivity index is 1.99. The van der Waals surface area contributed by atoms with E-state index in [0.717, 1.165) is 23.8 Å². The molecule has 1 aromatic carbocycles. The molecule has 17 heavy (non-hydrogen) atoms. The second-order valence-corrected chi connectivity index (χ2v) is 4.58. The first-order chi connectivity index (χ1) is 8.40. The molecule has 0 amide bonds. The van der Waals surface area contributed by atoms with Crippen molar-refractivity contribution in [2.45, 2.75) is 20.1 Å². The molecule has 0 fully saturated rings. The summed E-state index contributed by atoms with van der Waals surface area (Å²) in [5.41, 5.74) is 1.19. The number of para-hydroxylation sites is 1. The minimum Gasteiger partial charge on any atom is -0.486 e. The van der Waals surface area contributed by atoms with Crippen LogP contribution in [-0.4, -0.2) is 11.5 Å². The molecule has 1 aromatic heterocycles. The second kappa shape index (κ2) is 6.37.